The van der Waals surface area contributed by atoms with E-state index in [9.17, 15) is 4.79 Å². The van der Waals surface area contributed by atoms with Gasteiger partial charge in [-0.1, -0.05) is 0 Å². The van der Waals surface area contributed by atoms with Crippen LogP contribution in [-0.4, -0.2) is 27.1 Å². The third-order valence-electron chi connectivity index (χ3n) is 2.56. The van der Waals surface area contributed by atoms with Crippen molar-refractivity contribution in [1.29, 1.82) is 0 Å². The SMILES string of the molecule is O=C(O)c1cc(I)cn1C1CCCSC1. The van der Waals surface area contributed by atoms with Gasteiger partial charge in [-0.2, -0.15) is 11.8 Å². The number of carboxylic acid groups (broad SMARTS) is 1. The van der Waals surface area contributed by atoms with Crippen molar-refractivity contribution in [2.24, 2.45) is 0 Å². The van der Waals surface area contributed by atoms with Crippen LogP contribution in [0.1, 0.15) is 29.4 Å². The lowest BCUT2D eigenvalue weighted by atomic mass is 10.2. The van der Waals surface area contributed by atoms with Crippen molar-refractivity contribution in [3.63, 3.8) is 0 Å². The second-order valence-electron chi connectivity index (χ2n) is 3.63. The maximum absolute atomic E-state index is 11.0. The predicted molar refractivity (Wildman–Crippen MR) is 69.7 cm³/mol. The second kappa shape index (κ2) is 4.78. The first kappa shape index (κ1) is 11.3. The molecule has 0 bridgehead atoms. The average Bonchev–Trinajstić information content (AvgIpc) is 2.62. The zero-order valence-electron chi connectivity index (χ0n) is 8.15. The fourth-order valence-corrected chi connectivity index (χ4v) is 3.59. The fourth-order valence-electron chi connectivity index (χ4n) is 1.86. The van der Waals surface area contributed by atoms with Crippen LogP contribution in [0.2, 0.25) is 0 Å². The van der Waals surface area contributed by atoms with Crippen molar-refractivity contribution in [3.05, 3.63) is 21.5 Å². The van der Waals surface area contributed by atoms with Gasteiger partial charge < -0.3 is 9.67 Å². The Morgan fingerprint density at radius 3 is 3.07 bits per heavy atom. The molecule has 1 unspecified atom stereocenters. The fraction of sp³-hybridized carbons (Fsp3) is 0.500. The average molecular weight is 337 g/mol. The number of aromatic nitrogens is 1. The van der Waals surface area contributed by atoms with Gasteiger partial charge >= 0.3 is 5.97 Å². The largest absolute Gasteiger partial charge is 0.477 e. The van der Waals surface area contributed by atoms with Gasteiger partial charge in [-0.05, 0) is 47.3 Å². The van der Waals surface area contributed by atoms with Gasteiger partial charge in [0.15, 0.2) is 0 Å². The van der Waals surface area contributed by atoms with Crippen LogP contribution in [0.15, 0.2) is 12.3 Å². The highest BCUT2D eigenvalue weighted by atomic mass is 127. The number of carbonyl (C=O) groups is 1. The van der Waals surface area contributed by atoms with Crippen molar-refractivity contribution >= 4 is 40.3 Å². The minimum atomic E-state index is -0.825. The van der Waals surface area contributed by atoms with E-state index in [-0.39, 0.29) is 0 Å². The molecule has 1 atom stereocenters. The van der Waals surface area contributed by atoms with Crippen LogP contribution in [-0.2, 0) is 0 Å². The molecule has 1 N–H and O–H groups in total. The summed E-state index contributed by atoms with van der Waals surface area (Å²) < 4.78 is 2.93. The molecule has 2 heterocycles. The van der Waals surface area contributed by atoms with Crippen molar-refractivity contribution < 1.29 is 9.90 Å². The maximum Gasteiger partial charge on any atom is 0.352 e. The monoisotopic (exact) mass is 337 g/mol. The summed E-state index contributed by atoms with van der Waals surface area (Å²) in [7, 11) is 0. The smallest absolute Gasteiger partial charge is 0.352 e. The molecular formula is C10H12INO2S. The minimum absolute atomic E-state index is 0.360. The molecule has 1 aliphatic rings. The number of hydrogen-bond donors (Lipinski definition) is 1. The van der Waals surface area contributed by atoms with E-state index in [2.05, 4.69) is 22.6 Å². The number of aromatic carboxylic acids is 1. The topological polar surface area (TPSA) is 42.2 Å². The molecule has 1 saturated heterocycles. The van der Waals surface area contributed by atoms with Gasteiger partial charge in [-0.15, -0.1) is 0 Å². The molecule has 0 radical (unpaired) electrons. The summed E-state index contributed by atoms with van der Waals surface area (Å²) in [6.45, 7) is 0. The highest BCUT2D eigenvalue weighted by Gasteiger charge is 2.21. The normalized spacial score (nSPS) is 21.5. The number of hydrogen-bond acceptors (Lipinski definition) is 2. The Labute approximate surface area is 106 Å². The molecule has 1 aromatic rings. The molecule has 0 saturated carbocycles. The van der Waals surface area contributed by atoms with Gasteiger partial charge in [0.1, 0.15) is 5.69 Å². The highest BCUT2D eigenvalue weighted by Crippen LogP contribution is 2.29. The summed E-state index contributed by atoms with van der Waals surface area (Å²) in [5, 5.41) is 9.08. The van der Waals surface area contributed by atoms with Crippen LogP contribution in [0.25, 0.3) is 0 Å². The zero-order chi connectivity index (χ0) is 10.8. The van der Waals surface area contributed by atoms with Crippen LogP contribution in [0, 0.1) is 3.57 Å². The van der Waals surface area contributed by atoms with E-state index in [1.807, 2.05) is 22.5 Å². The van der Waals surface area contributed by atoms with Gasteiger partial charge in [0.25, 0.3) is 0 Å². The molecule has 1 aliphatic heterocycles. The van der Waals surface area contributed by atoms with Crippen LogP contribution >= 0.6 is 34.4 Å². The van der Waals surface area contributed by atoms with E-state index in [1.165, 1.54) is 12.2 Å². The van der Waals surface area contributed by atoms with Crippen LogP contribution < -0.4 is 0 Å². The first-order valence-electron chi connectivity index (χ1n) is 4.87. The molecule has 15 heavy (non-hydrogen) atoms. The van der Waals surface area contributed by atoms with E-state index in [4.69, 9.17) is 5.11 Å². The van der Waals surface area contributed by atoms with E-state index < -0.39 is 5.97 Å². The van der Waals surface area contributed by atoms with Gasteiger partial charge in [0.05, 0.1) is 0 Å². The third-order valence-corrected chi connectivity index (χ3v) is 4.35. The first-order valence-corrected chi connectivity index (χ1v) is 7.10. The molecule has 0 amide bonds. The van der Waals surface area contributed by atoms with E-state index in [0.29, 0.717) is 11.7 Å². The summed E-state index contributed by atoms with van der Waals surface area (Å²) in [5.41, 5.74) is 0.423. The molecule has 1 fully saturated rings. The van der Waals surface area contributed by atoms with Crippen molar-refractivity contribution in [2.75, 3.05) is 11.5 Å². The minimum Gasteiger partial charge on any atom is -0.477 e. The predicted octanol–water partition coefficient (Wildman–Crippen LogP) is 2.86. The summed E-state index contributed by atoms with van der Waals surface area (Å²) in [6, 6.07) is 2.10. The maximum atomic E-state index is 11.0. The standard InChI is InChI=1S/C10H12INO2S/c11-7-4-9(10(13)14)12(5-7)8-2-1-3-15-6-8/h4-5,8H,1-3,6H2,(H,13,14). The molecule has 5 heteroatoms. The lowest BCUT2D eigenvalue weighted by molar-refractivity contribution is 0.0682. The number of halogens is 1. The van der Waals surface area contributed by atoms with Crippen LogP contribution in [0.3, 0.4) is 0 Å². The summed E-state index contributed by atoms with van der Waals surface area (Å²) in [5.74, 6) is 1.41. The van der Waals surface area contributed by atoms with Crippen molar-refractivity contribution in [3.8, 4) is 0 Å². The molecule has 1 aromatic heterocycles. The molecule has 2 rings (SSSR count). The van der Waals surface area contributed by atoms with Crippen molar-refractivity contribution in [2.45, 2.75) is 18.9 Å². The molecule has 0 spiro atoms. The number of rotatable bonds is 2. The molecule has 0 aromatic carbocycles. The quantitative estimate of drug-likeness (QED) is 0.844. The zero-order valence-corrected chi connectivity index (χ0v) is 11.1. The van der Waals surface area contributed by atoms with Crippen LogP contribution in [0.5, 0.6) is 0 Å². The number of nitrogens with zero attached hydrogens (tertiary/aromatic N) is 1. The summed E-state index contributed by atoms with van der Waals surface area (Å²) in [6.07, 6.45) is 4.22. The number of thioether (sulfide) groups is 1. The van der Waals surface area contributed by atoms with Gasteiger partial charge in [0.2, 0.25) is 0 Å². The number of carboxylic acids is 1. The van der Waals surface area contributed by atoms with Crippen molar-refractivity contribution in [1.82, 2.24) is 4.57 Å². The molecule has 3 nitrogen and oxygen atoms in total. The molecular weight excluding hydrogens is 325 g/mol. The van der Waals surface area contributed by atoms with Gasteiger partial charge in [0, 0.05) is 21.6 Å². The van der Waals surface area contributed by atoms with Gasteiger partial charge in [-0.25, -0.2) is 4.79 Å². The lowest BCUT2D eigenvalue weighted by Crippen LogP contribution is -2.19. The lowest BCUT2D eigenvalue weighted by Gasteiger charge is -2.24. The van der Waals surface area contributed by atoms with E-state index >= 15 is 0 Å². The Morgan fingerprint density at radius 2 is 2.47 bits per heavy atom. The van der Waals surface area contributed by atoms with E-state index in [0.717, 1.165) is 15.7 Å². The Bertz CT molecular complexity index is 371. The Balaban J connectivity index is 2.28. The second-order valence-corrected chi connectivity index (χ2v) is 6.02. The first-order chi connectivity index (χ1) is 7.18. The Morgan fingerprint density at radius 1 is 1.67 bits per heavy atom. The van der Waals surface area contributed by atoms with Crippen LogP contribution in [0.4, 0.5) is 0 Å². The van der Waals surface area contributed by atoms with E-state index in [1.54, 1.807) is 6.07 Å². The third kappa shape index (κ3) is 2.50. The van der Waals surface area contributed by atoms with Gasteiger partial charge in [-0.3, -0.25) is 0 Å². The highest BCUT2D eigenvalue weighted by molar-refractivity contribution is 14.1. The summed E-state index contributed by atoms with van der Waals surface area (Å²) in [4.78, 5) is 11.0. The Kier molecular flexibility index (Phi) is 3.60. The summed E-state index contributed by atoms with van der Waals surface area (Å²) >= 11 is 4.08. The molecule has 0 aliphatic carbocycles. The Hall–Kier alpha value is -0.170. The molecule has 82 valence electrons.